The zero-order valence-corrected chi connectivity index (χ0v) is 11.7. The summed E-state index contributed by atoms with van der Waals surface area (Å²) >= 11 is 0. The lowest BCUT2D eigenvalue weighted by atomic mass is 10.3. The Hall–Kier alpha value is -0.920. The van der Waals surface area contributed by atoms with Gasteiger partial charge in [-0.25, -0.2) is 13.1 Å². The fourth-order valence-corrected chi connectivity index (χ4v) is 3.25. The number of H-pyrrole nitrogens is 1. The van der Waals surface area contributed by atoms with Gasteiger partial charge in [-0.15, -0.1) is 0 Å². The Bertz CT molecular complexity index is 532. The van der Waals surface area contributed by atoms with Crippen LogP contribution in [0.2, 0.25) is 0 Å². The number of sulfonamides is 1. The van der Waals surface area contributed by atoms with Gasteiger partial charge >= 0.3 is 0 Å². The summed E-state index contributed by atoms with van der Waals surface area (Å²) in [7, 11) is -3.45. The van der Waals surface area contributed by atoms with Crippen molar-refractivity contribution in [3.05, 3.63) is 11.8 Å². The van der Waals surface area contributed by atoms with E-state index in [9.17, 15) is 8.42 Å². The summed E-state index contributed by atoms with van der Waals surface area (Å²) in [6, 6.07) is 0.549. The second kappa shape index (κ2) is 5.22. The van der Waals surface area contributed by atoms with E-state index in [2.05, 4.69) is 20.2 Å². The molecule has 1 heterocycles. The lowest BCUT2D eigenvalue weighted by molar-refractivity contribution is 0.568. The van der Waals surface area contributed by atoms with E-state index in [1.807, 2.05) is 0 Å². The van der Waals surface area contributed by atoms with Gasteiger partial charge in [0.25, 0.3) is 10.0 Å². The van der Waals surface area contributed by atoms with Crippen LogP contribution in [0.5, 0.6) is 0 Å². The number of rotatable bonds is 8. The zero-order chi connectivity index (χ0) is 13.3. The van der Waals surface area contributed by atoms with Crippen molar-refractivity contribution in [1.82, 2.24) is 20.2 Å². The van der Waals surface area contributed by atoms with E-state index in [0.29, 0.717) is 24.7 Å². The highest BCUT2D eigenvalue weighted by Gasteiger charge is 2.25. The molecule has 0 amide bonds. The quantitative estimate of drug-likeness (QED) is 0.657. The van der Waals surface area contributed by atoms with Gasteiger partial charge in [-0.3, -0.25) is 5.10 Å². The molecule has 1 aromatic rings. The summed E-state index contributed by atoms with van der Waals surface area (Å²) in [5, 5.41) is 9.97. The largest absolute Gasteiger partial charge is 0.310 e. The third-order valence-electron chi connectivity index (χ3n) is 3.65. The topological polar surface area (TPSA) is 86.9 Å². The van der Waals surface area contributed by atoms with Gasteiger partial charge in [-0.05, 0) is 25.2 Å². The third-order valence-corrected chi connectivity index (χ3v) is 5.12. The molecule has 19 heavy (non-hydrogen) atoms. The van der Waals surface area contributed by atoms with Crippen LogP contribution in [0.1, 0.15) is 37.7 Å². The van der Waals surface area contributed by atoms with Crippen LogP contribution in [0.25, 0.3) is 0 Å². The molecule has 6 nitrogen and oxygen atoms in total. The van der Waals surface area contributed by atoms with E-state index in [1.165, 1.54) is 25.7 Å². The summed E-state index contributed by atoms with van der Waals surface area (Å²) in [5.41, 5.74) is 0.714. The van der Waals surface area contributed by atoms with Gasteiger partial charge in [0, 0.05) is 24.7 Å². The molecule has 0 aromatic carbocycles. The number of nitrogens with zero attached hydrogens (tertiary/aromatic N) is 1. The first-order valence-corrected chi connectivity index (χ1v) is 8.39. The molecule has 2 aliphatic carbocycles. The molecule has 0 unspecified atom stereocenters. The van der Waals surface area contributed by atoms with Gasteiger partial charge in [0.15, 0.2) is 5.03 Å². The molecule has 0 saturated heterocycles. The van der Waals surface area contributed by atoms with Crippen LogP contribution in [0, 0.1) is 5.92 Å². The minimum atomic E-state index is -3.45. The normalized spacial score (nSPS) is 19.8. The minimum Gasteiger partial charge on any atom is -0.310 e. The second-order valence-electron chi connectivity index (χ2n) is 5.51. The monoisotopic (exact) mass is 284 g/mol. The fraction of sp³-hybridized carbons (Fsp3) is 0.750. The van der Waals surface area contributed by atoms with Crippen molar-refractivity contribution in [1.29, 1.82) is 0 Å². The van der Waals surface area contributed by atoms with Crippen LogP contribution in [0.3, 0.4) is 0 Å². The summed E-state index contributed by atoms with van der Waals surface area (Å²) in [4.78, 5) is 0. The van der Waals surface area contributed by atoms with E-state index < -0.39 is 10.0 Å². The summed E-state index contributed by atoms with van der Waals surface area (Å²) in [6.45, 7) is 1.07. The Morgan fingerprint density at radius 1 is 1.32 bits per heavy atom. The lowest BCUT2D eigenvalue weighted by Crippen LogP contribution is -2.27. The molecule has 2 aliphatic rings. The molecule has 2 fully saturated rings. The Kier molecular flexibility index (Phi) is 3.60. The zero-order valence-electron chi connectivity index (χ0n) is 10.9. The van der Waals surface area contributed by atoms with Crippen molar-refractivity contribution < 1.29 is 8.42 Å². The molecule has 3 N–H and O–H groups in total. The van der Waals surface area contributed by atoms with Crippen molar-refractivity contribution in [3.63, 3.8) is 0 Å². The molecule has 0 aliphatic heterocycles. The van der Waals surface area contributed by atoms with Gasteiger partial charge < -0.3 is 5.32 Å². The molecule has 2 saturated carbocycles. The summed E-state index contributed by atoms with van der Waals surface area (Å²) < 4.78 is 27.0. The number of hydrogen-bond acceptors (Lipinski definition) is 4. The maximum atomic E-state index is 12.2. The van der Waals surface area contributed by atoms with Crippen molar-refractivity contribution in [2.75, 3.05) is 6.54 Å². The average molecular weight is 284 g/mol. The van der Waals surface area contributed by atoms with E-state index in [4.69, 9.17) is 0 Å². The van der Waals surface area contributed by atoms with Crippen LogP contribution in [-0.4, -0.2) is 31.2 Å². The standard InChI is InChI=1S/C12H20N4O2S/c17-19(18,15-6-5-9-1-2-9)12-10(8-14-16-12)7-13-11-3-4-11/h8-9,11,13,15H,1-7H2,(H,14,16). The van der Waals surface area contributed by atoms with Crippen LogP contribution < -0.4 is 10.0 Å². The molecule has 0 atom stereocenters. The van der Waals surface area contributed by atoms with Gasteiger partial charge in [-0.2, -0.15) is 5.10 Å². The summed E-state index contributed by atoms with van der Waals surface area (Å²) in [5.74, 6) is 0.723. The van der Waals surface area contributed by atoms with Crippen LogP contribution in [-0.2, 0) is 16.6 Å². The molecule has 3 rings (SSSR count). The highest BCUT2D eigenvalue weighted by atomic mass is 32.2. The number of aromatic nitrogens is 2. The first-order valence-electron chi connectivity index (χ1n) is 6.90. The second-order valence-corrected chi connectivity index (χ2v) is 7.21. The highest BCUT2D eigenvalue weighted by molar-refractivity contribution is 7.89. The molecule has 106 valence electrons. The van der Waals surface area contributed by atoms with E-state index in [-0.39, 0.29) is 5.03 Å². The Labute approximate surface area is 113 Å². The number of nitrogens with one attached hydrogen (secondary N) is 3. The van der Waals surface area contributed by atoms with Gasteiger partial charge in [0.2, 0.25) is 0 Å². The first kappa shape index (κ1) is 13.1. The first-order chi connectivity index (χ1) is 9.15. The number of aromatic amines is 1. The molecule has 0 spiro atoms. The lowest BCUT2D eigenvalue weighted by Gasteiger charge is -2.07. The fourth-order valence-electron chi connectivity index (χ4n) is 2.08. The molecular weight excluding hydrogens is 264 g/mol. The van der Waals surface area contributed by atoms with Crippen LogP contribution >= 0.6 is 0 Å². The predicted molar refractivity (Wildman–Crippen MR) is 71.0 cm³/mol. The Morgan fingerprint density at radius 3 is 2.79 bits per heavy atom. The highest BCUT2D eigenvalue weighted by Crippen LogP contribution is 2.31. The van der Waals surface area contributed by atoms with Gasteiger partial charge in [0.1, 0.15) is 0 Å². The van der Waals surface area contributed by atoms with Crippen LogP contribution in [0.4, 0.5) is 0 Å². The van der Waals surface area contributed by atoms with Crippen molar-refractivity contribution in [3.8, 4) is 0 Å². The average Bonchev–Trinajstić information content (AvgIpc) is 3.28. The smallest absolute Gasteiger partial charge is 0.257 e. The van der Waals surface area contributed by atoms with E-state index in [0.717, 1.165) is 12.3 Å². The van der Waals surface area contributed by atoms with Gasteiger partial charge in [0.05, 0.1) is 6.20 Å². The Morgan fingerprint density at radius 2 is 2.11 bits per heavy atom. The van der Waals surface area contributed by atoms with Gasteiger partial charge in [-0.1, -0.05) is 12.8 Å². The molecule has 0 radical (unpaired) electrons. The minimum absolute atomic E-state index is 0.205. The maximum absolute atomic E-state index is 12.2. The van der Waals surface area contributed by atoms with E-state index >= 15 is 0 Å². The summed E-state index contributed by atoms with van der Waals surface area (Å²) in [6.07, 6.45) is 7.36. The Balaban J connectivity index is 1.59. The van der Waals surface area contributed by atoms with Crippen molar-refractivity contribution in [2.45, 2.75) is 49.7 Å². The maximum Gasteiger partial charge on any atom is 0.257 e. The molecule has 0 bridgehead atoms. The van der Waals surface area contributed by atoms with E-state index in [1.54, 1.807) is 6.20 Å². The molecule has 1 aromatic heterocycles. The SMILES string of the molecule is O=S(=O)(NCCC1CC1)c1[nH]ncc1CNC1CC1. The third kappa shape index (κ3) is 3.55. The van der Waals surface area contributed by atoms with Crippen molar-refractivity contribution >= 4 is 10.0 Å². The number of hydrogen-bond donors (Lipinski definition) is 3. The molecular formula is C12H20N4O2S. The van der Waals surface area contributed by atoms with Crippen molar-refractivity contribution in [2.24, 2.45) is 5.92 Å². The molecule has 7 heteroatoms. The predicted octanol–water partition coefficient (Wildman–Crippen LogP) is 0.740. The van der Waals surface area contributed by atoms with Crippen LogP contribution in [0.15, 0.2) is 11.2 Å².